The summed E-state index contributed by atoms with van der Waals surface area (Å²) in [7, 11) is 0. The van der Waals surface area contributed by atoms with Crippen molar-refractivity contribution in [2.75, 3.05) is 11.9 Å². The summed E-state index contributed by atoms with van der Waals surface area (Å²) in [5, 5.41) is 9.72. The van der Waals surface area contributed by atoms with E-state index in [1.165, 1.54) is 6.21 Å². The summed E-state index contributed by atoms with van der Waals surface area (Å²) in [6.45, 7) is 3.55. The number of hydrogen-bond donors (Lipinski definition) is 3. The van der Waals surface area contributed by atoms with E-state index in [4.69, 9.17) is 16.3 Å². The van der Waals surface area contributed by atoms with Crippen LogP contribution in [0.15, 0.2) is 77.9 Å². The normalized spacial score (nSPS) is 11.5. The van der Waals surface area contributed by atoms with Gasteiger partial charge in [-0.25, -0.2) is 5.43 Å². The fraction of sp³-hybridized carbons (Fsp3) is 0.154. The number of hydrogen-bond acceptors (Lipinski definition) is 5. The number of benzene rings is 3. The minimum atomic E-state index is -0.911. The van der Waals surface area contributed by atoms with Gasteiger partial charge in [0.15, 0.2) is 6.61 Å². The van der Waals surface area contributed by atoms with E-state index < -0.39 is 11.8 Å². The molecule has 0 aliphatic carbocycles. The number of halogens is 1. The molecule has 0 saturated carbocycles. The van der Waals surface area contributed by atoms with Crippen LogP contribution in [0.2, 0.25) is 5.02 Å². The average Bonchev–Trinajstić information content (AvgIpc) is 2.85. The van der Waals surface area contributed by atoms with Gasteiger partial charge in [-0.05, 0) is 73.0 Å². The van der Waals surface area contributed by atoms with Gasteiger partial charge in [0.2, 0.25) is 0 Å². The fourth-order valence-electron chi connectivity index (χ4n) is 3.07. The molecule has 0 radical (unpaired) electrons. The quantitative estimate of drug-likeness (QED) is 0.251. The van der Waals surface area contributed by atoms with Crippen molar-refractivity contribution in [1.29, 1.82) is 0 Å². The van der Waals surface area contributed by atoms with Gasteiger partial charge in [0.05, 0.1) is 12.3 Å². The zero-order valence-corrected chi connectivity index (χ0v) is 20.0. The maximum atomic E-state index is 12.1. The first-order chi connectivity index (χ1) is 16.8. The molecule has 3 aromatic rings. The van der Waals surface area contributed by atoms with E-state index in [2.05, 4.69) is 21.2 Å². The van der Waals surface area contributed by atoms with Crippen LogP contribution in [0.25, 0.3) is 0 Å². The lowest BCUT2D eigenvalue weighted by Gasteiger charge is -2.14. The number of anilines is 1. The Morgan fingerprint density at radius 3 is 2.40 bits per heavy atom. The number of nitrogens with zero attached hydrogens (tertiary/aromatic N) is 1. The highest BCUT2D eigenvalue weighted by atomic mass is 35.5. The van der Waals surface area contributed by atoms with Crippen LogP contribution < -0.4 is 20.8 Å². The molecule has 0 spiro atoms. The third kappa shape index (κ3) is 7.97. The minimum Gasteiger partial charge on any atom is -0.484 e. The number of amides is 3. The molecule has 1 atom stereocenters. The molecule has 35 heavy (non-hydrogen) atoms. The molecule has 9 heteroatoms. The first kappa shape index (κ1) is 25.5. The standard InChI is InChI=1S/C26H25ClN4O4/c1-17-14-21(27)10-13-23(17)30-25(33)26(34)31-28-15-19-8-11-22(12-9-19)35-16-24(32)29-18(2)20-6-4-3-5-7-20/h3-15,18H,16H2,1-2H3,(H,29,32)(H,30,33)(H,31,34)/b28-15-/t18-/m0/s1. The zero-order chi connectivity index (χ0) is 25.2. The molecule has 3 rings (SSSR count). The largest absolute Gasteiger partial charge is 0.484 e. The summed E-state index contributed by atoms with van der Waals surface area (Å²) < 4.78 is 5.52. The maximum absolute atomic E-state index is 12.1. The van der Waals surface area contributed by atoms with Crippen molar-refractivity contribution < 1.29 is 19.1 Å². The summed E-state index contributed by atoms with van der Waals surface area (Å²) in [5.74, 6) is -1.49. The van der Waals surface area contributed by atoms with Gasteiger partial charge in [0.1, 0.15) is 5.75 Å². The Morgan fingerprint density at radius 2 is 1.71 bits per heavy atom. The molecule has 3 amide bonds. The smallest absolute Gasteiger partial charge is 0.329 e. The van der Waals surface area contributed by atoms with Gasteiger partial charge in [-0.2, -0.15) is 5.10 Å². The van der Waals surface area contributed by atoms with E-state index in [0.29, 0.717) is 22.0 Å². The Bertz CT molecular complexity index is 1210. The Morgan fingerprint density at radius 1 is 1.00 bits per heavy atom. The minimum absolute atomic E-state index is 0.122. The van der Waals surface area contributed by atoms with Crippen LogP contribution in [0, 0.1) is 6.92 Å². The van der Waals surface area contributed by atoms with Gasteiger partial charge in [0.25, 0.3) is 5.91 Å². The number of carbonyl (C=O) groups excluding carboxylic acids is 3. The fourth-order valence-corrected chi connectivity index (χ4v) is 3.30. The van der Waals surface area contributed by atoms with Gasteiger partial charge in [-0.1, -0.05) is 41.9 Å². The Hall–Kier alpha value is -4.17. The Balaban J connectivity index is 1.43. The number of carbonyl (C=O) groups is 3. The zero-order valence-electron chi connectivity index (χ0n) is 19.2. The molecule has 0 unspecified atom stereocenters. The highest BCUT2D eigenvalue weighted by Crippen LogP contribution is 2.19. The van der Waals surface area contributed by atoms with Crippen LogP contribution in [0.4, 0.5) is 5.69 Å². The number of rotatable bonds is 8. The molecule has 3 N–H and O–H groups in total. The number of ether oxygens (including phenoxy) is 1. The monoisotopic (exact) mass is 492 g/mol. The SMILES string of the molecule is Cc1cc(Cl)ccc1NC(=O)C(=O)N/N=C\c1ccc(OCC(=O)N[C@@H](C)c2ccccc2)cc1. The van der Waals surface area contributed by atoms with Crippen molar-refractivity contribution in [2.45, 2.75) is 19.9 Å². The molecule has 0 aromatic heterocycles. The molecule has 180 valence electrons. The van der Waals surface area contributed by atoms with E-state index in [1.54, 1.807) is 49.4 Å². The van der Waals surface area contributed by atoms with Crippen molar-refractivity contribution in [1.82, 2.24) is 10.7 Å². The molecule has 0 aliphatic heterocycles. The van der Waals surface area contributed by atoms with Crippen LogP contribution in [0.3, 0.4) is 0 Å². The molecule has 0 heterocycles. The van der Waals surface area contributed by atoms with Crippen LogP contribution in [-0.2, 0) is 14.4 Å². The van der Waals surface area contributed by atoms with Crippen molar-refractivity contribution >= 4 is 41.2 Å². The number of hydrazone groups is 1. The van der Waals surface area contributed by atoms with Gasteiger partial charge < -0.3 is 15.4 Å². The van der Waals surface area contributed by atoms with Gasteiger partial charge in [-0.15, -0.1) is 0 Å². The second-order valence-corrected chi connectivity index (χ2v) is 8.11. The lowest BCUT2D eigenvalue weighted by Crippen LogP contribution is -2.32. The van der Waals surface area contributed by atoms with Crippen molar-refractivity contribution in [3.63, 3.8) is 0 Å². The lowest BCUT2D eigenvalue weighted by atomic mass is 10.1. The topological polar surface area (TPSA) is 109 Å². The molecule has 0 bridgehead atoms. The first-order valence-electron chi connectivity index (χ1n) is 10.8. The molecule has 0 aliphatic rings. The third-order valence-corrected chi connectivity index (χ3v) is 5.18. The van der Waals surface area contributed by atoms with Crippen LogP contribution >= 0.6 is 11.6 Å². The predicted molar refractivity (Wildman–Crippen MR) is 135 cm³/mol. The first-order valence-corrected chi connectivity index (χ1v) is 11.2. The third-order valence-electron chi connectivity index (χ3n) is 4.95. The lowest BCUT2D eigenvalue weighted by molar-refractivity contribution is -0.136. The van der Waals surface area contributed by atoms with E-state index in [9.17, 15) is 14.4 Å². The summed E-state index contributed by atoms with van der Waals surface area (Å²) in [6.07, 6.45) is 1.39. The van der Waals surface area contributed by atoms with E-state index in [-0.39, 0.29) is 18.6 Å². The van der Waals surface area contributed by atoms with Gasteiger partial charge in [-0.3, -0.25) is 14.4 Å². The summed E-state index contributed by atoms with van der Waals surface area (Å²) in [6, 6.07) is 21.2. The Kier molecular flexibility index (Phi) is 8.97. The Labute approximate surface area is 208 Å². The van der Waals surface area contributed by atoms with Crippen LogP contribution in [0.5, 0.6) is 5.75 Å². The van der Waals surface area contributed by atoms with Crippen molar-refractivity contribution in [2.24, 2.45) is 5.10 Å². The molecule has 0 saturated heterocycles. The highest BCUT2D eigenvalue weighted by molar-refractivity contribution is 6.39. The molecular formula is C26H25ClN4O4. The highest BCUT2D eigenvalue weighted by Gasteiger charge is 2.14. The molecule has 3 aromatic carbocycles. The maximum Gasteiger partial charge on any atom is 0.329 e. The second-order valence-electron chi connectivity index (χ2n) is 7.67. The number of aryl methyl sites for hydroxylation is 1. The summed E-state index contributed by atoms with van der Waals surface area (Å²) in [4.78, 5) is 36.1. The second kappa shape index (κ2) is 12.3. The van der Waals surface area contributed by atoms with Crippen LogP contribution in [0.1, 0.15) is 29.7 Å². The molecular weight excluding hydrogens is 468 g/mol. The summed E-state index contributed by atoms with van der Waals surface area (Å²) >= 11 is 5.89. The van der Waals surface area contributed by atoms with Gasteiger partial charge in [0, 0.05) is 10.7 Å². The molecule has 0 fully saturated rings. The molecule has 8 nitrogen and oxygen atoms in total. The van der Waals surface area contributed by atoms with E-state index in [1.807, 2.05) is 37.3 Å². The summed E-state index contributed by atoms with van der Waals surface area (Å²) in [5.41, 5.74) is 5.06. The number of nitrogens with one attached hydrogen (secondary N) is 3. The average molecular weight is 493 g/mol. The van der Waals surface area contributed by atoms with E-state index in [0.717, 1.165) is 11.1 Å². The van der Waals surface area contributed by atoms with Crippen molar-refractivity contribution in [3.8, 4) is 5.75 Å². The van der Waals surface area contributed by atoms with Crippen molar-refractivity contribution in [3.05, 3.63) is 94.5 Å². The predicted octanol–water partition coefficient (Wildman–Crippen LogP) is 3.99. The van der Waals surface area contributed by atoms with Gasteiger partial charge >= 0.3 is 11.8 Å². The van der Waals surface area contributed by atoms with E-state index >= 15 is 0 Å². The van der Waals surface area contributed by atoms with Crippen LogP contribution in [-0.4, -0.2) is 30.5 Å².